The second kappa shape index (κ2) is 4.37. The lowest BCUT2D eigenvalue weighted by Gasteiger charge is -2.27. The molecule has 1 atom stereocenters. The monoisotopic (exact) mass is 232 g/mol. The molecule has 1 aromatic heterocycles. The predicted molar refractivity (Wildman–Crippen MR) is 61.6 cm³/mol. The first-order valence-electron chi connectivity index (χ1n) is 5.23. The highest BCUT2D eigenvalue weighted by atomic mass is 16.4. The molecule has 1 amide bonds. The summed E-state index contributed by atoms with van der Waals surface area (Å²) in [5.74, 6) is -1.80. The minimum Gasteiger partial charge on any atom is -0.481 e. The number of aryl methyl sites for hydroxylation is 1. The molecule has 17 heavy (non-hydrogen) atoms. The summed E-state index contributed by atoms with van der Waals surface area (Å²) in [7, 11) is 0. The number of amides is 1. The fourth-order valence-electron chi connectivity index (χ4n) is 1.77. The summed E-state index contributed by atoms with van der Waals surface area (Å²) >= 11 is 0. The van der Waals surface area contributed by atoms with Gasteiger partial charge in [-0.25, -0.2) is 0 Å². The molecule has 2 heterocycles. The number of carbonyl (C=O) groups is 2. The molecule has 5 heteroatoms. The molecule has 1 unspecified atom stereocenters. The fourth-order valence-corrected chi connectivity index (χ4v) is 1.77. The number of aliphatic carboxylic acids is 1. The van der Waals surface area contributed by atoms with E-state index in [1.807, 2.05) is 0 Å². The Bertz CT molecular complexity index is 496. The average molecular weight is 232 g/mol. The molecule has 0 radical (unpaired) electrons. The number of rotatable bonds is 2. The third kappa shape index (κ3) is 2.18. The van der Waals surface area contributed by atoms with Crippen LogP contribution in [0.3, 0.4) is 0 Å². The molecule has 1 N–H and O–H groups in total. The molecular formula is C12H12N2O3. The van der Waals surface area contributed by atoms with Crippen LogP contribution in [-0.2, 0) is 9.59 Å². The lowest BCUT2D eigenvalue weighted by molar-refractivity contribution is -0.139. The summed E-state index contributed by atoms with van der Waals surface area (Å²) in [5.41, 5.74) is 1.37. The minimum atomic E-state index is -0.930. The van der Waals surface area contributed by atoms with E-state index in [0.717, 1.165) is 0 Å². The zero-order valence-corrected chi connectivity index (χ0v) is 9.33. The van der Waals surface area contributed by atoms with E-state index in [1.54, 1.807) is 25.3 Å². The summed E-state index contributed by atoms with van der Waals surface area (Å²) in [6, 6.07) is 3.49. The van der Waals surface area contributed by atoms with E-state index in [2.05, 4.69) is 4.98 Å². The summed E-state index contributed by atoms with van der Waals surface area (Å²) in [4.78, 5) is 28.2. The second-order valence-corrected chi connectivity index (χ2v) is 3.86. The number of carboxylic acid groups (broad SMARTS) is 1. The Hall–Kier alpha value is -2.17. The molecule has 0 aromatic carbocycles. The van der Waals surface area contributed by atoms with Crippen molar-refractivity contribution < 1.29 is 14.7 Å². The topological polar surface area (TPSA) is 70.5 Å². The molecule has 88 valence electrons. The summed E-state index contributed by atoms with van der Waals surface area (Å²) in [6.45, 7) is 1.94. The number of hydrogen-bond donors (Lipinski definition) is 1. The van der Waals surface area contributed by atoms with E-state index in [-0.39, 0.29) is 12.5 Å². The number of carboxylic acids is 1. The molecule has 0 fully saturated rings. The van der Waals surface area contributed by atoms with Crippen LogP contribution in [-0.4, -0.2) is 28.5 Å². The smallest absolute Gasteiger partial charge is 0.312 e. The van der Waals surface area contributed by atoms with Crippen LogP contribution in [0.1, 0.15) is 5.69 Å². The van der Waals surface area contributed by atoms with Gasteiger partial charge in [-0.2, -0.15) is 0 Å². The van der Waals surface area contributed by atoms with E-state index in [1.165, 1.54) is 17.1 Å². The van der Waals surface area contributed by atoms with Crippen molar-refractivity contribution in [1.29, 1.82) is 0 Å². The van der Waals surface area contributed by atoms with Crippen LogP contribution in [0.25, 0.3) is 0 Å². The molecule has 5 nitrogen and oxygen atoms in total. The van der Waals surface area contributed by atoms with Crippen LogP contribution in [0.4, 0.5) is 5.69 Å². The SMILES string of the molecule is Cc1ncccc1N1CC(C(=O)O)C=CC1=O. The fraction of sp³-hybridized carbons (Fsp3) is 0.250. The number of anilines is 1. The Morgan fingerprint density at radius 1 is 1.59 bits per heavy atom. The van der Waals surface area contributed by atoms with Gasteiger partial charge in [0.15, 0.2) is 0 Å². The van der Waals surface area contributed by atoms with Crippen LogP contribution in [0.2, 0.25) is 0 Å². The molecule has 0 spiro atoms. The van der Waals surface area contributed by atoms with Gasteiger partial charge < -0.3 is 10.0 Å². The Balaban J connectivity index is 2.33. The van der Waals surface area contributed by atoms with E-state index in [4.69, 9.17) is 5.11 Å². The average Bonchev–Trinajstić information content (AvgIpc) is 2.30. The molecule has 0 saturated heterocycles. The first-order valence-corrected chi connectivity index (χ1v) is 5.23. The molecule has 2 rings (SSSR count). The maximum Gasteiger partial charge on any atom is 0.312 e. The van der Waals surface area contributed by atoms with Crippen molar-refractivity contribution in [3.63, 3.8) is 0 Å². The second-order valence-electron chi connectivity index (χ2n) is 3.86. The quantitative estimate of drug-likeness (QED) is 0.825. The number of pyridine rings is 1. The highest BCUT2D eigenvalue weighted by molar-refractivity contribution is 6.03. The van der Waals surface area contributed by atoms with E-state index in [9.17, 15) is 9.59 Å². The molecule has 0 saturated carbocycles. The highest BCUT2D eigenvalue weighted by Crippen LogP contribution is 2.22. The van der Waals surface area contributed by atoms with E-state index < -0.39 is 11.9 Å². The number of aromatic nitrogens is 1. The van der Waals surface area contributed by atoms with Crippen molar-refractivity contribution in [2.24, 2.45) is 5.92 Å². The third-order valence-corrected chi connectivity index (χ3v) is 2.70. The van der Waals surface area contributed by atoms with Gasteiger partial charge >= 0.3 is 5.97 Å². The normalized spacial score (nSPS) is 19.5. The zero-order chi connectivity index (χ0) is 12.4. The summed E-state index contributed by atoms with van der Waals surface area (Å²) < 4.78 is 0. The van der Waals surface area contributed by atoms with E-state index >= 15 is 0 Å². The van der Waals surface area contributed by atoms with Gasteiger partial charge in [0.2, 0.25) is 0 Å². The van der Waals surface area contributed by atoms with Crippen LogP contribution in [0.5, 0.6) is 0 Å². The number of hydrogen-bond acceptors (Lipinski definition) is 3. The van der Waals surface area contributed by atoms with Gasteiger partial charge in [-0.3, -0.25) is 14.6 Å². The summed E-state index contributed by atoms with van der Waals surface area (Å²) in [6.07, 6.45) is 4.36. The van der Waals surface area contributed by atoms with Crippen molar-refractivity contribution in [2.45, 2.75) is 6.92 Å². The molecule has 1 aromatic rings. The van der Waals surface area contributed by atoms with Gasteiger partial charge in [-0.05, 0) is 19.1 Å². The van der Waals surface area contributed by atoms with Crippen molar-refractivity contribution in [3.05, 3.63) is 36.2 Å². The number of nitrogens with zero attached hydrogens (tertiary/aromatic N) is 2. The van der Waals surface area contributed by atoms with Gasteiger partial charge in [0, 0.05) is 18.8 Å². The first-order chi connectivity index (χ1) is 8.09. The van der Waals surface area contributed by atoms with Crippen LogP contribution in [0, 0.1) is 12.8 Å². The van der Waals surface area contributed by atoms with Crippen LogP contribution in [0.15, 0.2) is 30.5 Å². The van der Waals surface area contributed by atoms with Gasteiger partial charge in [0.25, 0.3) is 5.91 Å². The highest BCUT2D eigenvalue weighted by Gasteiger charge is 2.27. The molecular weight excluding hydrogens is 220 g/mol. The Morgan fingerprint density at radius 2 is 2.35 bits per heavy atom. The van der Waals surface area contributed by atoms with Gasteiger partial charge in [-0.1, -0.05) is 6.08 Å². The lowest BCUT2D eigenvalue weighted by Crippen LogP contribution is -2.40. The zero-order valence-electron chi connectivity index (χ0n) is 9.33. The standard InChI is InChI=1S/C12H12N2O3/c1-8-10(3-2-6-13-8)14-7-9(12(16)17)4-5-11(14)15/h2-6,9H,7H2,1H3,(H,16,17). The summed E-state index contributed by atoms with van der Waals surface area (Å²) in [5, 5.41) is 8.95. The maximum absolute atomic E-state index is 11.7. The Kier molecular flexibility index (Phi) is 2.91. The van der Waals surface area contributed by atoms with Gasteiger partial charge in [0.1, 0.15) is 0 Å². The predicted octanol–water partition coefficient (Wildman–Crippen LogP) is 0.994. The van der Waals surface area contributed by atoms with Gasteiger partial charge in [0.05, 0.1) is 17.3 Å². The van der Waals surface area contributed by atoms with Crippen molar-refractivity contribution >= 4 is 17.6 Å². The first kappa shape index (κ1) is 11.3. The lowest BCUT2D eigenvalue weighted by atomic mass is 10.0. The van der Waals surface area contributed by atoms with Crippen LogP contribution < -0.4 is 4.90 Å². The third-order valence-electron chi connectivity index (χ3n) is 2.70. The minimum absolute atomic E-state index is 0.150. The van der Waals surface area contributed by atoms with Crippen molar-refractivity contribution in [3.8, 4) is 0 Å². The van der Waals surface area contributed by atoms with E-state index in [0.29, 0.717) is 11.4 Å². The molecule has 0 bridgehead atoms. The Morgan fingerprint density at radius 3 is 3.00 bits per heavy atom. The van der Waals surface area contributed by atoms with Crippen molar-refractivity contribution in [1.82, 2.24) is 4.98 Å². The molecule has 1 aliphatic heterocycles. The Labute approximate surface area is 98.4 Å². The van der Waals surface area contributed by atoms with Crippen LogP contribution >= 0.6 is 0 Å². The maximum atomic E-state index is 11.7. The largest absolute Gasteiger partial charge is 0.481 e. The molecule has 1 aliphatic rings. The van der Waals surface area contributed by atoms with Gasteiger partial charge in [-0.15, -0.1) is 0 Å². The van der Waals surface area contributed by atoms with Crippen molar-refractivity contribution in [2.75, 3.05) is 11.4 Å². The number of carbonyl (C=O) groups excluding carboxylic acids is 1. The molecule has 0 aliphatic carbocycles.